The average molecular weight is 246 g/mol. The minimum Gasteiger partial charge on any atom is -0.303 e. The van der Waals surface area contributed by atoms with Gasteiger partial charge in [0.25, 0.3) is 0 Å². The molecule has 4 unspecified atom stereocenters. The van der Waals surface area contributed by atoms with Crippen LogP contribution in [0.15, 0.2) is 9.98 Å². The van der Waals surface area contributed by atoms with Gasteiger partial charge in [0.2, 0.25) is 0 Å². The Labute approximate surface area is 107 Å². The van der Waals surface area contributed by atoms with E-state index in [0.717, 1.165) is 62.5 Å². The maximum atomic E-state index is 10.9. The second-order valence-electron chi connectivity index (χ2n) is 5.61. The van der Waals surface area contributed by atoms with Crippen LogP contribution in [-0.2, 0) is 9.59 Å². The van der Waals surface area contributed by atoms with Crippen LogP contribution < -0.4 is 0 Å². The summed E-state index contributed by atoms with van der Waals surface area (Å²) in [5.74, 6) is 0.308. The molecule has 4 atom stereocenters. The van der Waals surface area contributed by atoms with Gasteiger partial charge in [0.15, 0.2) is 0 Å². The van der Waals surface area contributed by atoms with Crippen molar-refractivity contribution in [3.05, 3.63) is 0 Å². The minimum atomic E-state index is 0.146. The summed E-state index contributed by atoms with van der Waals surface area (Å²) in [4.78, 5) is 31.4. The Morgan fingerprint density at radius 2 is 1.28 bits per heavy atom. The quantitative estimate of drug-likeness (QED) is 0.695. The zero-order valence-electron chi connectivity index (χ0n) is 10.4. The number of aliphatic imine (C=N–C) groups is 2. The largest absolute Gasteiger partial charge is 0.303 e. The second-order valence-corrected chi connectivity index (χ2v) is 5.61. The summed E-state index contributed by atoms with van der Waals surface area (Å²) < 4.78 is 0. The molecule has 0 aromatic carbocycles. The zero-order valence-corrected chi connectivity index (χ0v) is 10.4. The number of aldehydes is 2. The van der Waals surface area contributed by atoms with Gasteiger partial charge < -0.3 is 9.59 Å². The van der Waals surface area contributed by atoms with Crippen molar-refractivity contribution in [2.75, 3.05) is 0 Å². The highest BCUT2D eigenvalue weighted by atomic mass is 16.1. The van der Waals surface area contributed by atoms with E-state index in [4.69, 9.17) is 9.98 Å². The summed E-state index contributed by atoms with van der Waals surface area (Å²) >= 11 is 0. The summed E-state index contributed by atoms with van der Waals surface area (Å²) in [5.41, 5.74) is 2.32. The Hall–Kier alpha value is -1.32. The van der Waals surface area contributed by atoms with E-state index in [1.165, 1.54) is 0 Å². The van der Waals surface area contributed by atoms with Gasteiger partial charge in [-0.25, -0.2) is 0 Å². The molecule has 18 heavy (non-hydrogen) atoms. The van der Waals surface area contributed by atoms with E-state index in [2.05, 4.69) is 0 Å². The zero-order chi connectivity index (χ0) is 12.5. The van der Waals surface area contributed by atoms with Gasteiger partial charge in [-0.3, -0.25) is 9.98 Å². The van der Waals surface area contributed by atoms with Crippen molar-refractivity contribution in [3.63, 3.8) is 0 Å². The predicted octanol–water partition coefficient (Wildman–Crippen LogP) is 1.62. The molecule has 0 saturated heterocycles. The van der Waals surface area contributed by atoms with Gasteiger partial charge in [-0.15, -0.1) is 0 Å². The average Bonchev–Trinajstić information content (AvgIpc) is 2.43. The fraction of sp³-hybridized carbons (Fsp3) is 0.714. The lowest BCUT2D eigenvalue weighted by Crippen LogP contribution is -2.40. The summed E-state index contributed by atoms with van der Waals surface area (Å²) in [7, 11) is 0. The molecule has 4 heteroatoms. The molecule has 3 aliphatic rings. The number of rotatable bonds is 2. The highest BCUT2D eigenvalue weighted by Gasteiger charge is 2.35. The number of carbonyl (C=O) groups is 2. The van der Waals surface area contributed by atoms with Gasteiger partial charge in [0.1, 0.15) is 12.6 Å². The number of fused-ring (bicyclic) bond motifs is 2. The highest BCUT2D eigenvalue weighted by molar-refractivity contribution is 6.02. The Bertz CT molecular complexity index is 388. The van der Waals surface area contributed by atoms with E-state index in [0.29, 0.717) is 0 Å². The Balaban J connectivity index is 1.78. The van der Waals surface area contributed by atoms with Crippen LogP contribution in [0.2, 0.25) is 0 Å². The Kier molecular flexibility index (Phi) is 3.10. The van der Waals surface area contributed by atoms with Gasteiger partial charge in [-0.1, -0.05) is 0 Å². The molecule has 2 aliphatic carbocycles. The van der Waals surface area contributed by atoms with E-state index in [9.17, 15) is 9.59 Å². The van der Waals surface area contributed by atoms with Crippen LogP contribution in [0.3, 0.4) is 0 Å². The van der Waals surface area contributed by atoms with Gasteiger partial charge in [-0.05, 0) is 38.5 Å². The lowest BCUT2D eigenvalue weighted by atomic mass is 9.80. The third-order valence-corrected chi connectivity index (χ3v) is 4.39. The standard InChI is InChI=1S/C14H18N2O2/c17-7-9-1-3-11-13(5-9)16-12-4-2-10(8-18)6-14(12)15-11/h7-10,13-14H,1-6H2. The van der Waals surface area contributed by atoms with Crippen LogP contribution in [0, 0.1) is 11.8 Å². The first-order valence-electron chi connectivity index (χ1n) is 6.84. The van der Waals surface area contributed by atoms with Crippen molar-refractivity contribution in [1.29, 1.82) is 0 Å². The lowest BCUT2D eigenvalue weighted by Gasteiger charge is -2.35. The number of hydrogen-bond acceptors (Lipinski definition) is 4. The third kappa shape index (κ3) is 2.04. The monoisotopic (exact) mass is 246 g/mol. The normalized spacial score (nSPS) is 38.9. The molecular formula is C14H18N2O2. The molecule has 3 rings (SSSR count). The van der Waals surface area contributed by atoms with Crippen LogP contribution in [0.25, 0.3) is 0 Å². The maximum absolute atomic E-state index is 10.9. The molecule has 2 saturated carbocycles. The fourth-order valence-electron chi connectivity index (χ4n) is 3.28. The second kappa shape index (κ2) is 4.75. The van der Waals surface area contributed by atoms with E-state index >= 15 is 0 Å². The van der Waals surface area contributed by atoms with Crippen molar-refractivity contribution in [2.24, 2.45) is 21.8 Å². The van der Waals surface area contributed by atoms with Gasteiger partial charge in [-0.2, -0.15) is 0 Å². The number of carbonyl (C=O) groups excluding carboxylic acids is 2. The first-order chi connectivity index (χ1) is 8.80. The van der Waals surface area contributed by atoms with Crippen molar-refractivity contribution in [2.45, 2.75) is 50.6 Å². The van der Waals surface area contributed by atoms with E-state index < -0.39 is 0 Å². The van der Waals surface area contributed by atoms with Crippen LogP contribution in [-0.4, -0.2) is 36.1 Å². The molecule has 0 radical (unpaired) electrons. The minimum absolute atomic E-state index is 0.146. The molecule has 4 nitrogen and oxygen atoms in total. The van der Waals surface area contributed by atoms with Crippen molar-refractivity contribution < 1.29 is 9.59 Å². The van der Waals surface area contributed by atoms with Gasteiger partial charge in [0.05, 0.1) is 12.1 Å². The topological polar surface area (TPSA) is 58.9 Å². The summed E-state index contributed by atoms with van der Waals surface area (Å²) in [5, 5.41) is 0. The van der Waals surface area contributed by atoms with Crippen molar-refractivity contribution >= 4 is 24.0 Å². The molecule has 1 aliphatic heterocycles. The molecule has 0 aromatic heterocycles. The molecule has 2 fully saturated rings. The van der Waals surface area contributed by atoms with Gasteiger partial charge in [0, 0.05) is 23.3 Å². The maximum Gasteiger partial charge on any atom is 0.123 e. The number of nitrogens with zero attached hydrogens (tertiary/aromatic N) is 2. The van der Waals surface area contributed by atoms with E-state index in [1.54, 1.807) is 0 Å². The molecule has 0 bridgehead atoms. The number of hydrogen-bond donors (Lipinski definition) is 0. The molecule has 0 spiro atoms. The van der Waals surface area contributed by atoms with Crippen LogP contribution in [0.5, 0.6) is 0 Å². The molecular weight excluding hydrogens is 228 g/mol. The first-order valence-corrected chi connectivity index (χ1v) is 6.84. The fourth-order valence-corrected chi connectivity index (χ4v) is 3.28. The van der Waals surface area contributed by atoms with Crippen LogP contribution >= 0.6 is 0 Å². The molecule has 1 heterocycles. The molecule has 0 amide bonds. The Morgan fingerprint density at radius 1 is 0.833 bits per heavy atom. The van der Waals surface area contributed by atoms with Crippen LogP contribution in [0.4, 0.5) is 0 Å². The highest BCUT2D eigenvalue weighted by Crippen LogP contribution is 2.32. The summed E-state index contributed by atoms with van der Waals surface area (Å²) in [6, 6.07) is 0.293. The molecule has 96 valence electrons. The SMILES string of the molecule is O=CC1CCC2=NC3CC(C=O)CCC3=NC2C1. The van der Waals surface area contributed by atoms with E-state index in [-0.39, 0.29) is 23.9 Å². The summed E-state index contributed by atoms with van der Waals surface area (Å²) in [6.07, 6.45) is 7.39. The van der Waals surface area contributed by atoms with Crippen molar-refractivity contribution in [3.8, 4) is 0 Å². The summed E-state index contributed by atoms with van der Waals surface area (Å²) in [6.45, 7) is 0. The predicted molar refractivity (Wildman–Crippen MR) is 69.3 cm³/mol. The van der Waals surface area contributed by atoms with Crippen LogP contribution in [0.1, 0.15) is 38.5 Å². The Morgan fingerprint density at radius 3 is 1.67 bits per heavy atom. The molecule has 0 aromatic rings. The smallest absolute Gasteiger partial charge is 0.123 e. The molecule has 0 N–H and O–H groups in total. The lowest BCUT2D eigenvalue weighted by molar-refractivity contribution is -0.112. The van der Waals surface area contributed by atoms with Gasteiger partial charge >= 0.3 is 0 Å². The third-order valence-electron chi connectivity index (χ3n) is 4.39. The first kappa shape index (κ1) is 11.8. The van der Waals surface area contributed by atoms with Crippen molar-refractivity contribution in [1.82, 2.24) is 0 Å². The van der Waals surface area contributed by atoms with E-state index in [1.807, 2.05) is 0 Å².